The van der Waals surface area contributed by atoms with E-state index >= 15 is 0 Å². The van der Waals surface area contributed by atoms with Crippen molar-refractivity contribution < 1.29 is 9.59 Å². The lowest BCUT2D eigenvalue weighted by molar-refractivity contribution is -0.131. The lowest BCUT2D eigenvalue weighted by Crippen LogP contribution is -2.31. The Labute approximate surface area is 58.8 Å². The average Bonchev–Trinajstić information content (AvgIpc) is 2.34. The van der Waals surface area contributed by atoms with Crippen LogP contribution in [0.15, 0.2) is 0 Å². The molecule has 0 aromatic carbocycles. The van der Waals surface area contributed by atoms with E-state index in [0.29, 0.717) is 19.3 Å². The fraction of sp³-hybridized carbons (Fsp3) is 0.667. The van der Waals surface area contributed by atoms with E-state index < -0.39 is 5.78 Å². The molecule has 0 amide bonds. The van der Waals surface area contributed by atoms with Crippen LogP contribution in [0.25, 0.3) is 0 Å². The van der Waals surface area contributed by atoms with Gasteiger partial charge in [0.05, 0.1) is 6.04 Å². The smallest absolute Gasteiger partial charge is 0.212 e. The highest BCUT2D eigenvalue weighted by Crippen LogP contribution is 2.03. The SMILES string of the molecule is NC1CNC(C(=O)C=O)C1. The summed E-state index contributed by atoms with van der Waals surface area (Å²) in [5.74, 6) is -0.395. The molecule has 3 N–H and O–H groups in total. The Morgan fingerprint density at radius 3 is 2.80 bits per heavy atom. The van der Waals surface area contributed by atoms with E-state index in [1.54, 1.807) is 0 Å². The van der Waals surface area contributed by atoms with Crippen molar-refractivity contribution in [2.75, 3.05) is 6.54 Å². The predicted octanol–water partition coefficient (Wildman–Crippen LogP) is -1.56. The Kier molecular flexibility index (Phi) is 2.13. The molecule has 1 heterocycles. The largest absolute Gasteiger partial charge is 0.326 e. The number of rotatable bonds is 2. The van der Waals surface area contributed by atoms with E-state index in [0.717, 1.165) is 0 Å². The second kappa shape index (κ2) is 2.90. The highest BCUT2D eigenvalue weighted by molar-refractivity contribution is 6.27. The van der Waals surface area contributed by atoms with Gasteiger partial charge >= 0.3 is 0 Å². The van der Waals surface area contributed by atoms with Crippen LogP contribution in [0.3, 0.4) is 0 Å². The van der Waals surface area contributed by atoms with Crippen molar-refractivity contribution in [1.29, 1.82) is 0 Å². The van der Waals surface area contributed by atoms with E-state index in [1.807, 2.05) is 0 Å². The minimum Gasteiger partial charge on any atom is -0.326 e. The molecule has 1 rings (SSSR count). The quantitative estimate of drug-likeness (QED) is 0.361. The second-order valence-electron chi connectivity index (χ2n) is 2.48. The number of hydrogen-bond acceptors (Lipinski definition) is 4. The summed E-state index contributed by atoms with van der Waals surface area (Å²) in [6.07, 6.45) is 0.924. The number of carbonyl (C=O) groups is 2. The number of aldehydes is 1. The third-order valence-corrected chi connectivity index (χ3v) is 1.62. The molecule has 1 saturated heterocycles. The van der Waals surface area contributed by atoms with Crippen LogP contribution in [0.5, 0.6) is 0 Å². The molecule has 1 fully saturated rings. The summed E-state index contributed by atoms with van der Waals surface area (Å²) in [4.78, 5) is 20.6. The molecule has 0 aliphatic carbocycles. The molecule has 2 atom stereocenters. The van der Waals surface area contributed by atoms with Gasteiger partial charge in [0.2, 0.25) is 5.78 Å². The molecule has 10 heavy (non-hydrogen) atoms. The average molecular weight is 142 g/mol. The van der Waals surface area contributed by atoms with Gasteiger partial charge in [0.15, 0.2) is 6.29 Å². The maximum Gasteiger partial charge on any atom is 0.212 e. The van der Waals surface area contributed by atoms with Gasteiger partial charge in [-0.25, -0.2) is 0 Å². The zero-order valence-electron chi connectivity index (χ0n) is 5.54. The first-order valence-corrected chi connectivity index (χ1v) is 3.22. The van der Waals surface area contributed by atoms with Crippen LogP contribution in [0.1, 0.15) is 6.42 Å². The standard InChI is InChI=1S/C6H10N2O2/c7-4-1-5(8-2-4)6(10)3-9/h3-5,8H,1-2,7H2. The first kappa shape index (κ1) is 7.37. The van der Waals surface area contributed by atoms with Crippen molar-refractivity contribution in [3.63, 3.8) is 0 Å². The number of ketones is 1. The molecule has 1 aliphatic rings. The second-order valence-corrected chi connectivity index (χ2v) is 2.48. The minimum atomic E-state index is -0.395. The van der Waals surface area contributed by atoms with Gasteiger partial charge in [-0.05, 0) is 6.42 Å². The number of nitrogens with one attached hydrogen (secondary N) is 1. The topological polar surface area (TPSA) is 72.2 Å². The zero-order chi connectivity index (χ0) is 7.56. The number of hydrogen-bond donors (Lipinski definition) is 2. The molecule has 2 unspecified atom stereocenters. The summed E-state index contributed by atoms with van der Waals surface area (Å²) < 4.78 is 0. The Morgan fingerprint density at radius 1 is 1.70 bits per heavy atom. The first-order valence-electron chi connectivity index (χ1n) is 3.22. The Bertz CT molecular complexity index is 158. The summed E-state index contributed by atoms with van der Waals surface area (Å²) in [6.45, 7) is 0.629. The van der Waals surface area contributed by atoms with Crippen LogP contribution in [0.4, 0.5) is 0 Å². The van der Waals surface area contributed by atoms with Gasteiger partial charge < -0.3 is 11.1 Å². The van der Waals surface area contributed by atoms with Gasteiger partial charge in [0.1, 0.15) is 0 Å². The summed E-state index contributed by atoms with van der Waals surface area (Å²) in [5.41, 5.74) is 5.49. The maximum atomic E-state index is 10.7. The lowest BCUT2D eigenvalue weighted by atomic mass is 10.1. The van der Waals surface area contributed by atoms with Gasteiger partial charge in [-0.2, -0.15) is 0 Å². The van der Waals surface area contributed by atoms with Crippen LogP contribution in [-0.4, -0.2) is 30.7 Å². The van der Waals surface area contributed by atoms with Crippen LogP contribution in [0, 0.1) is 0 Å². The number of nitrogens with two attached hydrogens (primary N) is 1. The van der Waals surface area contributed by atoms with Crippen molar-refractivity contribution in [3.05, 3.63) is 0 Å². The highest BCUT2D eigenvalue weighted by atomic mass is 16.2. The lowest BCUT2D eigenvalue weighted by Gasteiger charge is -2.01. The molecule has 0 aromatic rings. The van der Waals surface area contributed by atoms with Crippen molar-refractivity contribution in [3.8, 4) is 0 Å². The molecule has 0 saturated carbocycles. The van der Waals surface area contributed by atoms with E-state index in [1.165, 1.54) is 0 Å². The van der Waals surface area contributed by atoms with E-state index in [2.05, 4.69) is 5.32 Å². The maximum absolute atomic E-state index is 10.7. The Balaban J connectivity index is 2.44. The highest BCUT2D eigenvalue weighted by Gasteiger charge is 2.26. The molecule has 0 radical (unpaired) electrons. The van der Waals surface area contributed by atoms with Gasteiger partial charge in [-0.1, -0.05) is 0 Å². The van der Waals surface area contributed by atoms with Crippen molar-refractivity contribution in [2.24, 2.45) is 5.73 Å². The summed E-state index contributed by atoms with van der Waals surface area (Å²) >= 11 is 0. The molecule has 4 heteroatoms. The van der Waals surface area contributed by atoms with Crippen LogP contribution < -0.4 is 11.1 Å². The van der Waals surface area contributed by atoms with Crippen LogP contribution in [-0.2, 0) is 9.59 Å². The van der Waals surface area contributed by atoms with Gasteiger partial charge in [0.25, 0.3) is 0 Å². The van der Waals surface area contributed by atoms with Gasteiger partial charge in [0, 0.05) is 12.6 Å². The minimum absolute atomic E-state index is 0.0221. The van der Waals surface area contributed by atoms with E-state index in [9.17, 15) is 9.59 Å². The number of carbonyl (C=O) groups excluding carboxylic acids is 2. The summed E-state index contributed by atoms with van der Waals surface area (Å²) in [5, 5.41) is 2.85. The fourth-order valence-electron chi connectivity index (χ4n) is 1.06. The van der Waals surface area contributed by atoms with E-state index in [4.69, 9.17) is 5.73 Å². The van der Waals surface area contributed by atoms with Crippen molar-refractivity contribution in [1.82, 2.24) is 5.32 Å². The molecule has 1 aliphatic heterocycles. The van der Waals surface area contributed by atoms with Gasteiger partial charge in [-0.15, -0.1) is 0 Å². The molecule has 4 nitrogen and oxygen atoms in total. The van der Waals surface area contributed by atoms with E-state index in [-0.39, 0.29) is 12.1 Å². The van der Waals surface area contributed by atoms with Crippen LogP contribution >= 0.6 is 0 Å². The third-order valence-electron chi connectivity index (χ3n) is 1.62. The Morgan fingerprint density at radius 2 is 2.40 bits per heavy atom. The third kappa shape index (κ3) is 1.40. The predicted molar refractivity (Wildman–Crippen MR) is 35.5 cm³/mol. The normalized spacial score (nSPS) is 32.1. The number of Topliss-reactive ketones (excluding diaryl/α,β-unsaturated/α-hetero) is 1. The van der Waals surface area contributed by atoms with Crippen LogP contribution in [0.2, 0.25) is 0 Å². The first-order chi connectivity index (χ1) is 4.74. The monoisotopic (exact) mass is 142 g/mol. The molecule has 56 valence electrons. The molecule has 0 aromatic heterocycles. The molecular formula is C6H10N2O2. The molecular weight excluding hydrogens is 132 g/mol. The molecule has 0 spiro atoms. The Hall–Kier alpha value is -0.740. The van der Waals surface area contributed by atoms with Crippen molar-refractivity contribution in [2.45, 2.75) is 18.5 Å². The van der Waals surface area contributed by atoms with Gasteiger partial charge in [-0.3, -0.25) is 9.59 Å². The summed E-state index contributed by atoms with van der Waals surface area (Å²) in [7, 11) is 0. The summed E-state index contributed by atoms with van der Waals surface area (Å²) in [6, 6.07) is -0.304. The zero-order valence-corrected chi connectivity index (χ0v) is 5.54. The fourth-order valence-corrected chi connectivity index (χ4v) is 1.06. The van der Waals surface area contributed by atoms with Crippen molar-refractivity contribution >= 4 is 12.1 Å². The molecule has 0 bridgehead atoms.